The molecule has 1 aliphatic rings. The minimum atomic E-state index is 0.177. The number of halogens is 1. The van der Waals surface area contributed by atoms with Crippen LogP contribution in [0.15, 0.2) is 48.5 Å². The Morgan fingerprint density at radius 2 is 1.68 bits per heavy atom. The molecule has 2 heterocycles. The summed E-state index contributed by atoms with van der Waals surface area (Å²) in [5.41, 5.74) is 7.95. The van der Waals surface area contributed by atoms with Crippen LogP contribution in [0, 0.1) is 0 Å². The highest BCUT2D eigenvalue weighted by molar-refractivity contribution is 6.31. The SMILES string of the molecule is COc1ccc(Cl)cc1Nc1nc(N)nc(CN2CCN(Cc3ccccc3)CC2)n1. The van der Waals surface area contributed by atoms with Crippen LogP contribution in [0.25, 0.3) is 0 Å². The molecular weight excluding hydrogens is 414 g/mol. The number of rotatable bonds is 7. The van der Waals surface area contributed by atoms with E-state index < -0.39 is 0 Å². The summed E-state index contributed by atoms with van der Waals surface area (Å²) in [5.74, 6) is 1.81. The van der Waals surface area contributed by atoms with E-state index in [1.165, 1.54) is 5.56 Å². The highest BCUT2D eigenvalue weighted by Gasteiger charge is 2.19. The van der Waals surface area contributed by atoms with Crippen molar-refractivity contribution in [2.75, 3.05) is 44.3 Å². The van der Waals surface area contributed by atoms with Crippen molar-refractivity contribution in [1.29, 1.82) is 0 Å². The monoisotopic (exact) mass is 439 g/mol. The fraction of sp³-hybridized carbons (Fsp3) is 0.318. The van der Waals surface area contributed by atoms with Gasteiger partial charge in [-0.15, -0.1) is 0 Å². The Hall–Kier alpha value is -2.94. The molecule has 1 fully saturated rings. The van der Waals surface area contributed by atoms with Gasteiger partial charge in [0.25, 0.3) is 0 Å². The molecule has 0 spiro atoms. The first kappa shape index (κ1) is 21.3. The van der Waals surface area contributed by atoms with E-state index in [0.717, 1.165) is 32.7 Å². The number of hydrogen-bond donors (Lipinski definition) is 2. The molecule has 0 amide bonds. The van der Waals surface area contributed by atoms with Crippen molar-refractivity contribution in [3.05, 3.63) is 64.9 Å². The first-order valence-corrected chi connectivity index (χ1v) is 10.6. The van der Waals surface area contributed by atoms with Crippen molar-refractivity contribution in [3.63, 3.8) is 0 Å². The van der Waals surface area contributed by atoms with Crippen LogP contribution in [0.5, 0.6) is 5.75 Å². The molecule has 0 unspecified atom stereocenters. The lowest BCUT2D eigenvalue weighted by atomic mass is 10.2. The van der Waals surface area contributed by atoms with Gasteiger partial charge in [-0.25, -0.2) is 0 Å². The predicted octanol–water partition coefficient (Wildman–Crippen LogP) is 3.18. The number of nitrogens with two attached hydrogens (primary N) is 1. The zero-order valence-corrected chi connectivity index (χ0v) is 18.2. The number of methoxy groups -OCH3 is 1. The molecule has 0 radical (unpaired) electrons. The molecule has 162 valence electrons. The van der Waals surface area contributed by atoms with E-state index in [1.807, 2.05) is 6.07 Å². The Morgan fingerprint density at radius 3 is 2.39 bits per heavy atom. The Kier molecular flexibility index (Phi) is 6.81. The van der Waals surface area contributed by atoms with E-state index in [0.29, 0.717) is 34.8 Å². The van der Waals surface area contributed by atoms with E-state index in [1.54, 1.807) is 25.3 Å². The molecule has 3 aromatic rings. The normalized spacial score (nSPS) is 15.0. The smallest absolute Gasteiger partial charge is 0.232 e. The van der Waals surface area contributed by atoms with Gasteiger partial charge in [0.15, 0.2) is 0 Å². The fourth-order valence-electron chi connectivity index (χ4n) is 3.61. The van der Waals surface area contributed by atoms with Gasteiger partial charge in [0.05, 0.1) is 19.3 Å². The van der Waals surface area contributed by atoms with Crippen molar-refractivity contribution in [2.45, 2.75) is 13.1 Å². The molecule has 9 heteroatoms. The number of benzene rings is 2. The van der Waals surface area contributed by atoms with Crippen LogP contribution < -0.4 is 15.8 Å². The van der Waals surface area contributed by atoms with Gasteiger partial charge in [0, 0.05) is 37.7 Å². The van der Waals surface area contributed by atoms with Gasteiger partial charge < -0.3 is 15.8 Å². The summed E-state index contributed by atoms with van der Waals surface area (Å²) in [5, 5.41) is 3.72. The molecule has 0 bridgehead atoms. The van der Waals surface area contributed by atoms with Crippen molar-refractivity contribution in [3.8, 4) is 5.75 Å². The van der Waals surface area contributed by atoms with E-state index in [-0.39, 0.29) is 5.95 Å². The zero-order valence-electron chi connectivity index (χ0n) is 17.5. The molecule has 8 nitrogen and oxygen atoms in total. The van der Waals surface area contributed by atoms with Crippen molar-refractivity contribution >= 4 is 29.2 Å². The summed E-state index contributed by atoms with van der Waals surface area (Å²) in [4.78, 5) is 17.9. The molecule has 2 aromatic carbocycles. The summed E-state index contributed by atoms with van der Waals surface area (Å²) in [6.45, 7) is 5.49. The number of ether oxygens (including phenoxy) is 1. The van der Waals surface area contributed by atoms with Crippen molar-refractivity contribution in [2.24, 2.45) is 0 Å². The van der Waals surface area contributed by atoms with Gasteiger partial charge in [-0.05, 0) is 23.8 Å². The van der Waals surface area contributed by atoms with Crippen LogP contribution in [0.2, 0.25) is 5.02 Å². The molecule has 1 saturated heterocycles. The first-order chi connectivity index (χ1) is 15.1. The Morgan fingerprint density at radius 1 is 0.968 bits per heavy atom. The lowest BCUT2D eigenvalue weighted by Crippen LogP contribution is -2.45. The Labute approximate surface area is 187 Å². The van der Waals surface area contributed by atoms with E-state index >= 15 is 0 Å². The summed E-state index contributed by atoms with van der Waals surface area (Å²) in [6, 6.07) is 15.9. The highest BCUT2D eigenvalue weighted by Crippen LogP contribution is 2.29. The number of nitrogens with zero attached hydrogens (tertiary/aromatic N) is 5. The van der Waals surface area contributed by atoms with Gasteiger partial charge >= 0.3 is 0 Å². The largest absolute Gasteiger partial charge is 0.495 e. The second-order valence-electron chi connectivity index (χ2n) is 7.44. The van der Waals surface area contributed by atoms with Crippen LogP contribution in [0.3, 0.4) is 0 Å². The number of piperazine rings is 1. The third-order valence-corrected chi connectivity index (χ3v) is 5.42. The van der Waals surface area contributed by atoms with Gasteiger partial charge in [-0.3, -0.25) is 9.80 Å². The molecular formula is C22H26ClN7O. The Balaban J connectivity index is 1.38. The maximum absolute atomic E-state index is 6.11. The van der Waals surface area contributed by atoms with Gasteiger partial charge in [-0.2, -0.15) is 15.0 Å². The summed E-state index contributed by atoms with van der Waals surface area (Å²) >= 11 is 6.11. The molecule has 4 rings (SSSR count). The topological polar surface area (TPSA) is 92.4 Å². The number of anilines is 3. The fourth-order valence-corrected chi connectivity index (χ4v) is 3.78. The minimum Gasteiger partial charge on any atom is -0.495 e. The maximum Gasteiger partial charge on any atom is 0.232 e. The second-order valence-corrected chi connectivity index (χ2v) is 7.88. The summed E-state index contributed by atoms with van der Waals surface area (Å²) < 4.78 is 5.37. The maximum atomic E-state index is 6.11. The average molecular weight is 440 g/mol. The standard InChI is InChI=1S/C22H26ClN7O/c1-31-19-8-7-17(23)13-18(19)25-22-27-20(26-21(24)28-22)15-30-11-9-29(10-12-30)14-16-5-3-2-4-6-16/h2-8,13H,9-12,14-15H2,1H3,(H3,24,25,26,27,28). The van der Waals surface area contributed by atoms with Gasteiger partial charge in [0.1, 0.15) is 11.6 Å². The van der Waals surface area contributed by atoms with Crippen LogP contribution in [-0.2, 0) is 13.1 Å². The third-order valence-electron chi connectivity index (χ3n) is 5.19. The molecule has 1 aliphatic heterocycles. The average Bonchev–Trinajstić information content (AvgIpc) is 2.76. The minimum absolute atomic E-state index is 0.177. The van der Waals surface area contributed by atoms with E-state index in [2.05, 4.69) is 54.3 Å². The number of nitrogens with one attached hydrogen (secondary N) is 1. The predicted molar refractivity (Wildman–Crippen MR) is 123 cm³/mol. The van der Waals surface area contributed by atoms with E-state index in [4.69, 9.17) is 22.1 Å². The zero-order chi connectivity index (χ0) is 21.6. The summed E-state index contributed by atoms with van der Waals surface area (Å²) in [6.07, 6.45) is 0. The Bertz CT molecular complexity index is 1010. The van der Waals surface area contributed by atoms with Gasteiger partial charge in [-0.1, -0.05) is 41.9 Å². The summed E-state index contributed by atoms with van der Waals surface area (Å²) in [7, 11) is 1.60. The highest BCUT2D eigenvalue weighted by atomic mass is 35.5. The molecule has 3 N–H and O–H groups in total. The van der Waals surface area contributed by atoms with Crippen molar-refractivity contribution < 1.29 is 4.74 Å². The lowest BCUT2D eigenvalue weighted by molar-refractivity contribution is 0.120. The number of aromatic nitrogens is 3. The third kappa shape index (κ3) is 5.81. The number of hydrogen-bond acceptors (Lipinski definition) is 8. The van der Waals surface area contributed by atoms with Crippen LogP contribution in [-0.4, -0.2) is 58.0 Å². The molecule has 0 aliphatic carbocycles. The lowest BCUT2D eigenvalue weighted by Gasteiger charge is -2.34. The first-order valence-electron chi connectivity index (χ1n) is 10.2. The van der Waals surface area contributed by atoms with Crippen LogP contribution in [0.4, 0.5) is 17.6 Å². The van der Waals surface area contributed by atoms with Gasteiger partial charge in [0.2, 0.25) is 11.9 Å². The second kappa shape index (κ2) is 9.91. The number of nitrogen functional groups attached to an aromatic ring is 1. The molecule has 0 atom stereocenters. The molecule has 31 heavy (non-hydrogen) atoms. The quantitative estimate of drug-likeness (QED) is 0.580. The van der Waals surface area contributed by atoms with Crippen LogP contribution >= 0.6 is 11.6 Å². The molecule has 0 saturated carbocycles. The molecule has 1 aromatic heterocycles. The van der Waals surface area contributed by atoms with Crippen molar-refractivity contribution in [1.82, 2.24) is 24.8 Å². The van der Waals surface area contributed by atoms with E-state index in [9.17, 15) is 0 Å². The van der Waals surface area contributed by atoms with Crippen LogP contribution in [0.1, 0.15) is 11.4 Å².